The minimum atomic E-state index is -3.94. The van der Waals surface area contributed by atoms with Gasteiger partial charge < -0.3 is 5.32 Å². The molecule has 0 fully saturated rings. The van der Waals surface area contributed by atoms with Gasteiger partial charge in [-0.05, 0) is 30.7 Å². The topological polar surface area (TPSA) is 118 Å². The minimum absolute atomic E-state index is 0.0349. The lowest BCUT2D eigenvalue weighted by atomic mass is 10.1. The van der Waals surface area contributed by atoms with Crippen molar-refractivity contribution in [2.75, 3.05) is 13.1 Å². The predicted molar refractivity (Wildman–Crippen MR) is 96.1 cm³/mol. The zero-order chi connectivity index (χ0) is 20.0. The first-order valence-electron chi connectivity index (χ1n) is 7.95. The Kier molecular flexibility index (Phi) is 6.59. The van der Waals surface area contributed by atoms with Crippen molar-refractivity contribution >= 4 is 21.6 Å². The smallest absolute Gasteiger partial charge is 0.273 e. The van der Waals surface area contributed by atoms with E-state index in [1.807, 2.05) is 0 Å². The molecule has 0 heterocycles. The van der Waals surface area contributed by atoms with Crippen LogP contribution in [-0.2, 0) is 21.2 Å². The molecule has 0 atom stereocenters. The number of carbonyl (C=O) groups is 1. The summed E-state index contributed by atoms with van der Waals surface area (Å²) in [6.07, 6.45) is 0.0389. The number of nitro benzene ring substituents is 1. The van der Waals surface area contributed by atoms with E-state index in [0.717, 1.165) is 6.07 Å². The normalized spacial score (nSPS) is 11.2. The van der Waals surface area contributed by atoms with Gasteiger partial charge in [0.1, 0.15) is 5.82 Å². The SMILES string of the molecule is Cc1ccc(S(=O)(=O)NCCNC(=O)Cc2ccc(F)cc2)cc1[N+](=O)[O-]. The fourth-order valence-electron chi connectivity index (χ4n) is 2.27. The van der Waals surface area contributed by atoms with Crippen LogP contribution in [-0.4, -0.2) is 32.3 Å². The second-order valence-electron chi connectivity index (χ2n) is 5.76. The van der Waals surface area contributed by atoms with Gasteiger partial charge in [0.2, 0.25) is 15.9 Å². The maximum Gasteiger partial charge on any atom is 0.273 e. The number of halogens is 1. The fourth-order valence-corrected chi connectivity index (χ4v) is 3.33. The lowest BCUT2D eigenvalue weighted by molar-refractivity contribution is -0.385. The van der Waals surface area contributed by atoms with Crippen LogP contribution in [0.2, 0.25) is 0 Å². The number of amides is 1. The average molecular weight is 395 g/mol. The first-order chi connectivity index (χ1) is 12.7. The molecule has 8 nitrogen and oxygen atoms in total. The first kappa shape index (κ1) is 20.5. The summed E-state index contributed by atoms with van der Waals surface area (Å²) in [4.78, 5) is 21.8. The molecule has 0 unspecified atom stereocenters. The van der Waals surface area contributed by atoms with Crippen LogP contribution in [0.15, 0.2) is 47.4 Å². The Morgan fingerprint density at radius 3 is 2.44 bits per heavy atom. The van der Waals surface area contributed by atoms with E-state index < -0.39 is 20.8 Å². The number of nitrogens with one attached hydrogen (secondary N) is 2. The second kappa shape index (κ2) is 8.69. The molecule has 27 heavy (non-hydrogen) atoms. The van der Waals surface area contributed by atoms with Gasteiger partial charge in [-0.15, -0.1) is 0 Å². The summed E-state index contributed by atoms with van der Waals surface area (Å²) in [5.74, 6) is -0.739. The van der Waals surface area contributed by atoms with Gasteiger partial charge in [-0.2, -0.15) is 0 Å². The monoisotopic (exact) mass is 395 g/mol. The Bertz CT molecular complexity index is 946. The molecule has 0 aromatic heterocycles. The number of carbonyl (C=O) groups excluding carboxylic acids is 1. The average Bonchev–Trinajstić information content (AvgIpc) is 2.60. The summed E-state index contributed by atoms with van der Waals surface area (Å²) in [7, 11) is -3.94. The summed E-state index contributed by atoms with van der Waals surface area (Å²) in [5.41, 5.74) is 0.693. The lowest BCUT2D eigenvalue weighted by Crippen LogP contribution is -2.35. The number of hydrogen-bond acceptors (Lipinski definition) is 5. The molecule has 0 bridgehead atoms. The molecule has 10 heteroatoms. The maximum atomic E-state index is 12.8. The summed E-state index contributed by atoms with van der Waals surface area (Å²) >= 11 is 0. The summed E-state index contributed by atoms with van der Waals surface area (Å²) in [6.45, 7) is 1.46. The Morgan fingerprint density at radius 2 is 1.81 bits per heavy atom. The van der Waals surface area contributed by atoms with Gasteiger partial charge in [0.25, 0.3) is 5.69 Å². The van der Waals surface area contributed by atoms with Gasteiger partial charge in [-0.3, -0.25) is 14.9 Å². The molecule has 2 aromatic carbocycles. The number of sulfonamides is 1. The van der Waals surface area contributed by atoms with E-state index in [4.69, 9.17) is 0 Å². The molecule has 0 saturated carbocycles. The van der Waals surface area contributed by atoms with Crippen molar-refractivity contribution in [3.05, 3.63) is 69.5 Å². The summed E-state index contributed by atoms with van der Waals surface area (Å²) < 4.78 is 39.5. The van der Waals surface area contributed by atoms with Crippen LogP contribution in [0.25, 0.3) is 0 Å². The van der Waals surface area contributed by atoms with Crippen molar-refractivity contribution in [1.29, 1.82) is 0 Å². The van der Waals surface area contributed by atoms with E-state index in [1.165, 1.54) is 43.3 Å². The Balaban J connectivity index is 1.87. The first-order valence-corrected chi connectivity index (χ1v) is 9.43. The molecule has 0 saturated heterocycles. The highest BCUT2D eigenvalue weighted by Crippen LogP contribution is 2.21. The molecule has 0 aliphatic rings. The predicted octanol–water partition coefficient (Wildman–Crippen LogP) is 1.68. The molecule has 2 aromatic rings. The molecule has 0 spiro atoms. The minimum Gasteiger partial charge on any atom is -0.355 e. The van der Waals surface area contributed by atoms with E-state index in [0.29, 0.717) is 11.1 Å². The van der Waals surface area contributed by atoms with Gasteiger partial charge in [0.05, 0.1) is 16.2 Å². The zero-order valence-electron chi connectivity index (χ0n) is 14.4. The summed E-state index contributed by atoms with van der Waals surface area (Å²) in [6, 6.07) is 9.10. The van der Waals surface area contributed by atoms with Gasteiger partial charge in [0, 0.05) is 24.7 Å². The van der Waals surface area contributed by atoms with E-state index in [2.05, 4.69) is 10.0 Å². The van der Waals surface area contributed by atoms with Crippen LogP contribution in [0.3, 0.4) is 0 Å². The van der Waals surface area contributed by atoms with Crippen LogP contribution in [0, 0.1) is 22.9 Å². The largest absolute Gasteiger partial charge is 0.355 e. The highest BCUT2D eigenvalue weighted by molar-refractivity contribution is 7.89. The molecule has 0 radical (unpaired) electrons. The van der Waals surface area contributed by atoms with E-state index >= 15 is 0 Å². The van der Waals surface area contributed by atoms with Crippen LogP contribution < -0.4 is 10.0 Å². The summed E-state index contributed by atoms with van der Waals surface area (Å²) in [5, 5.41) is 13.5. The Hall–Kier alpha value is -2.85. The number of hydrogen-bond donors (Lipinski definition) is 2. The molecule has 0 aliphatic carbocycles. The van der Waals surface area contributed by atoms with Crippen molar-refractivity contribution in [1.82, 2.24) is 10.0 Å². The van der Waals surface area contributed by atoms with E-state index in [1.54, 1.807) is 0 Å². The quantitative estimate of drug-likeness (QED) is 0.400. The van der Waals surface area contributed by atoms with Crippen molar-refractivity contribution < 1.29 is 22.5 Å². The Labute approximate surface area is 155 Å². The van der Waals surface area contributed by atoms with Crippen LogP contribution in [0.1, 0.15) is 11.1 Å². The Morgan fingerprint density at radius 1 is 1.15 bits per heavy atom. The number of benzene rings is 2. The highest BCUT2D eigenvalue weighted by Gasteiger charge is 2.19. The standard InChI is InChI=1S/C17H18FN3O5S/c1-12-2-7-15(11-16(12)21(23)24)27(25,26)20-9-8-19-17(22)10-13-3-5-14(18)6-4-13/h2-7,11,20H,8-10H2,1H3,(H,19,22). The number of rotatable bonds is 8. The third kappa shape index (κ3) is 5.83. The maximum absolute atomic E-state index is 12.8. The third-order valence-corrected chi connectivity index (χ3v) is 5.16. The highest BCUT2D eigenvalue weighted by atomic mass is 32.2. The van der Waals surface area contributed by atoms with Crippen molar-refractivity contribution in [3.8, 4) is 0 Å². The van der Waals surface area contributed by atoms with E-state index in [9.17, 15) is 27.7 Å². The van der Waals surface area contributed by atoms with Gasteiger partial charge >= 0.3 is 0 Å². The molecule has 2 rings (SSSR count). The van der Waals surface area contributed by atoms with Gasteiger partial charge in [-0.1, -0.05) is 18.2 Å². The van der Waals surface area contributed by atoms with E-state index in [-0.39, 0.29) is 36.0 Å². The van der Waals surface area contributed by atoms with Crippen LogP contribution >= 0.6 is 0 Å². The fraction of sp³-hybridized carbons (Fsp3) is 0.235. The van der Waals surface area contributed by atoms with Crippen LogP contribution in [0.4, 0.5) is 10.1 Å². The molecule has 0 aliphatic heterocycles. The zero-order valence-corrected chi connectivity index (χ0v) is 15.3. The number of nitro groups is 1. The number of nitrogens with zero attached hydrogens (tertiary/aromatic N) is 1. The van der Waals surface area contributed by atoms with Crippen molar-refractivity contribution in [2.45, 2.75) is 18.2 Å². The molecular formula is C17H18FN3O5S. The van der Waals surface area contributed by atoms with Gasteiger partial charge in [-0.25, -0.2) is 17.5 Å². The number of aryl methyl sites for hydroxylation is 1. The van der Waals surface area contributed by atoms with Crippen molar-refractivity contribution in [2.24, 2.45) is 0 Å². The van der Waals surface area contributed by atoms with Crippen molar-refractivity contribution in [3.63, 3.8) is 0 Å². The van der Waals surface area contributed by atoms with Gasteiger partial charge in [0.15, 0.2) is 0 Å². The molecule has 2 N–H and O–H groups in total. The van der Waals surface area contributed by atoms with Crippen LogP contribution in [0.5, 0.6) is 0 Å². The molecule has 1 amide bonds. The second-order valence-corrected chi connectivity index (χ2v) is 7.52. The third-order valence-electron chi connectivity index (χ3n) is 3.70. The lowest BCUT2D eigenvalue weighted by Gasteiger charge is -2.09. The molecule has 144 valence electrons. The molecular weight excluding hydrogens is 377 g/mol.